The van der Waals surface area contributed by atoms with Gasteiger partial charge in [0, 0.05) is 17.2 Å². The van der Waals surface area contributed by atoms with E-state index in [4.69, 9.17) is 5.73 Å². The Morgan fingerprint density at radius 1 is 1.21 bits per heavy atom. The molecule has 0 radical (unpaired) electrons. The van der Waals surface area contributed by atoms with Crippen LogP contribution in [0.5, 0.6) is 0 Å². The van der Waals surface area contributed by atoms with E-state index >= 15 is 0 Å². The van der Waals surface area contributed by atoms with Crippen LogP contribution in [0, 0.1) is 5.92 Å². The van der Waals surface area contributed by atoms with Crippen LogP contribution in [0.4, 0.5) is 5.69 Å². The number of hydrogen-bond donors (Lipinski definition) is 2. The summed E-state index contributed by atoms with van der Waals surface area (Å²) in [6.07, 6.45) is 3.91. The molecule has 0 saturated carbocycles. The third-order valence-corrected chi connectivity index (χ3v) is 3.21. The summed E-state index contributed by atoms with van der Waals surface area (Å²) in [4.78, 5) is 23.0. The van der Waals surface area contributed by atoms with Crippen molar-refractivity contribution in [2.75, 3.05) is 5.32 Å². The molecule has 1 aromatic rings. The summed E-state index contributed by atoms with van der Waals surface area (Å²) >= 11 is 0. The average molecular weight is 262 g/mol. The second-order valence-electron chi connectivity index (χ2n) is 4.68. The van der Waals surface area contributed by atoms with Gasteiger partial charge in [0.2, 0.25) is 11.8 Å². The molecular formula is C15H22N2O2. The number of primary amides is 1. The minimum Gasteiger partial charge on any atom is -0.366 e. The summed E-state index contributed by atoms with van der Waals surface area (Å²) in [5, 5.41) is 2.88. The summed E-state index contributed by atoms with van der Waals surface area (Å²) in [6.45, 7) is 4.14. The smallest absolute Gasteiger partial charge is 0.248 e. The topological polar surface area (TPSA) is 72.2 Å². The SMILES string of the molecule is CCCCC(CC)C(=O)Nc1ccc(C(N)=O)cc1. The van der Waals surface area contributed by atoms with Gasteiger partial charge in [0.1, 0.15) is 0 Å². The molecule has 0 aliphatic heterocycles. The number of unbranched alkanes of at least 4 members (excludes halogenated alkanes) is 1. The first kappa shape index (κ1) is 15.2. The van der Waals surface area contributed by atoms with Crippen LogP contribution < -0.4 is 11.1 Å². The van der Waals surface area contributed by atoms with Crippen LogP contribution in [0.25, 0.3) is 0 Å². The first-order valence-electron chi connectivity index (χ1n) is 6.79. The number of nitrogens with one attached hydrogen (secondary N) is 1. The fourth-order valence-electron chi connectivity index (χ4n) is 1.93. The van der Waals surface area contributed by atoms with Crippen molar-refractivity contribution in [3.05, 3.63) is 29.8 Å². The first-order valence-corrected chi connectivity index (χ1v) is 6.79. The van der Waals surface area contributed by atoms with Crippen molar-refractivity contribution in [2.24, 2.45) is 11.7 Å². The summed E-state index contributed by atoms with van der Waals surface area (Å²) in [7, 11) is 0. The molecule has 1 unspecified atom stereocenters. The molecular weight excluding hydrogens is 240 g/mol. The summed E-state index contributed by atoms with van der Waals surface area (Å²) < 4.78 is 0. The Labute approximate surface area is 114 Å². The summed E-state index contributed by atoms with van der Waals surface area (Å²) in [6, 6.07) is 6.63. The maximum atomic E-state index is 12.1. The zero-order valence-electron chi connectivity index (χ0n) is 11.6. The van der Waals surface area contributed by atoms with Crippen LogP contribution >= 0.6 is 0 Å². The predicted octanol–water partition coefficient (Wildman–Crippen LogP) is 2.94. The van der Waals surface area contributed by atoms with Gasteiger partial charge in [-0.05, 0) is 37.1 Å². The molecule has 3 N–H and O–H groups in total. The van der Waals surface area contributed by atoms with E-state index in [0.717, 1.165) is 25.7 Å². The minimum absolute atomic E-state index is 0.0442. The maximum Gasteiger partial charge on any atom is 0.248 e. The van der Waals surface area contributed by atoms with Crippen LogP contribution in [-0.2, 0) is 4.79 Å². The Balaban J connectivity index is 2.62. The molecule has 0 spiro atoms. The molecule has 0 fully saturated rings. The second kappa shape index (κ2) is 7.56. The number of nitrogens with two attached hydrogens (primary N) is 1. The Kier molecular flexibility index (Phi) is 6.06. The molecule has 4 heteroatoms. The van der Waals surface area contributed by atoms with Gasteiger partial charge in [-0.25, -0.2) is 0 Å². The van der Waals surface area contributed by atoms with E-state index in [-0.39, 0.29) is 11.8 Å². The van der Waals surface area contributed by atoms with Gasteiger partial charge in [0.15, 0.2) is 0 Å². The highest BCUT2D eigenvalue weighted by Gasteiger charge is 2.15. The Hall–Kier alpha value is -1.84. The molecule has 104 valence electrons. The zero-order valence-corrected chi connectivity index (χ0v) is 11.6. The number of anilines is 1. The number of amides is 2. The molecule has 0 aromatic heterocycles. The van der Waals surface area contributed by atoms with Crippen molar-refractivity contribution in [2.45, 2.75) is 39.5 Å². The Bertz CT molecular complexity index is 426. The van der Waals surface area contributed by atoms with E-state index in [2.05, 4.69) is 12.2 Å². The van der Waals surface area contributed by atoms with Crippen molar-refractivity contribution in [3.8, 4) is 0 Å². The van der Waals surface area contributed by atoms with Gasteiger partial charge < -0.3 is 11.1 Å². The number of carbonyl (C=O) groups excluding carboxylic acids is 2. The van der Waals surface area contributed by atoms with E-state index < -0.39 is 5.91 Å². The summed E-state index contributed by atoms with van der Waals surface area (Å²) in [5.41, 5.74) is 6.30. The van der Waals surface area contributed by atoms with Gasteiger partial charge >= 0.3 is 0 Å². The minimum atomic E-state index is -0.466. The first-order chi connectivity index (χ1) is 9.08. The van der Waals surface area contributed by atoms with Crippen LogP contribution in [0.3, 0.4) is 0 Å². The standard InChI is InChI=1S/C15H22N2O2/c1-3-5-6-11(4-2)15(19)17-13-9-7-12(8-10-13)14(16)18/h7-11H,3-6H2,1-2H3,(H2,16,18)(H,17,19). The van der Waals surface area contributed by atoms with E-state index in [1.165, 1.54) is 0 Å². The molecule has 0 saturated heterocycles. The molecule has 1 atom stereocenters. The van der Waals surface area contributed by atoms with Gasteiger partial charge in [-0.1, -0.05) is 26.7 Å². The predicted molar refractivity (Wildman–Crippen MR) is 76.9 cm³/mol. The third-order valence-electron chi connectivity index (χ3n) is 3.21. The third kappa shape index (κ3) is 4.73. The molecule has 0 heterocycles. The Morgan fingerprint density at radius 2 is 1.84 bits per heavy atom. The molecule has 0 aliphatic rings. The molecule has 2 amide bonds. The van der Waals surface area contributed by atoms with Crippen molar-refractivity contribution < 1.29 is 9.59 Å². The lowest BCUT2D eigenvalue weighted by atomic mass is 9.98. The average Bonchev–Trinajstić information content (AvgIpc) is 2.40. The van der Waals surface area contributed by atoms with Crippen LogP contribution in [0.1, 0.15) is 49.9 Å². The molecule has 1 aromatic carbocycles. The van der Waals surface area contributed by atoms with Crippen molar-refractivity contribution >= 4 is 17.5 Å². The van der Waals surface area contributed by atoms with Crippen LogP contribution in [-0.4, -0.2) is 11.8 Å². The fourth-order valence-corrected chi connectivity index (χ4v) is 1.93. The van der Waals surface area contributed by atoms with E-state index in [0.29, 0.717) is 11.3 Å². The van der Waals surface area contributed by atoms with Gasteiger partial charge in [-0.3, -0.25) is 9.59 Å². The number of rotatable bonds is 7. The number of benzene rings is 1. The van der Waals surface area contributed by atoms with Gasteiger partial charge in [0.25, 0.3) is 0 Å². The second-order valence-corrected chi connectivity index (χ2v) is 4.68. The van der Waals surface area contributed by atoms with Gasteiger partial charge in [0.05, 0.1) is 0 Å². The monoisotopic (exact) mass is 262 g/mol. The fraction of sp³-hybridized carbons (Fsp3) is 0.467. The van der Waals surface area contributed by atoms with Crippen LogP contribution in [0.2, 0.25) is 0 Å². The van der Waals surface area contributed by atoms with E-state index in [1.54, 1.807) is 24.3 Å². The lowest BCUT2D eigenvalue weighted by Gasteiger charge is -2.14. The molecule has 4 nitrogen and oxygen atoms in total. The highest BCUT2D eigenvalue weighted by molar-refractivity contribution is 5.95. The van der Waals surface area contributed by atoms with E-state index in [9.17, 15) is 9.59 Å². The molecule has 0 bridgehead atoms. The number of carbonyl (C=O) groups is 2. The van der Waals surface area contributed by atoms with Crippen molar-refractivity contribution in [3.63, 3.8) is 0 Å². The van der Waals surface area contributed by atoms with Gasteiger partial charge in [-0.2, -0.15) is 0 Å². The molecule has 1 rings (SSSR count). The molecule has 19 heavy (non-hydrogen) atoms. The zero-order chi connectivity index (χ0) is 14.3. The van der Waals surface area contributed by atoms with Crippen molar-refractivity contribution in [1.29, 1.82) is 0 Å². The normalized spacial score (nSPS) is 11.9. The number of hydrogen-bond acceptors (Lipinski definition) is 2. The highest BCUT2D eigenvalue weighted by atomic mass is 16.2. The lowest BCUT2D eigenvalue weighted by molar-refractivity contribution is -0.120. The van der Waals surface area contributed by atoms with Crippen molar-refractivity contribution in [1.82, 2.24) is 0 Å². The largest absolute Gasteiger partial charge is 0.366 e. The van der Waals surface area contributed by atoms with Gasteiger partial charge in [-0.15, -0.1) is 0 Å². The maximum absolute atomic E-state index is 12.1. The Morgan fingerprint density at radius 3 is 2.32 bits per heavy atom. The molecule has 0 aliphatic carbocycles. The summed E-state index contributed by atoms with van der Waals surface area (Å²) in [5.74, 6) is -0.370. The quantitative estimate of drug-likeness (QED) is 0.793. The van der Waals surface area contributed by atoms with E-state index in [1.807, 2.05) is 6.92 Å². The lowest BCUT2D eigenvalue weighted by Crippen LogP contribution is -2.22. The highest BCUT2D eigenvalue weighted by Crippen LogP contribution is 2.16. The van der Waals surface area contributed by atoms with Crippen LogP contribution in [0.15, 0.2) is 24.3 Å².